The number of aliphatic carboxylic acids is 1. The Labute approximate surface area is 281 Å². The zero-order valence-corrected chi connectivity index (χ0v) is 29.5. The number of hydroxylamine groups is 1. The lowest BCUT2D eigenvalue weighted by Crippen LogP contribution is -2.51. The van der Waals surface area contributed by atoms with Crippen LogP contribution in [0.1, 0.15) is 142 Å². The Morgan fingerprint density at radius 2 is 1.20 bits per heavy atom. The molecular formula is C33H65N5O7S. The Bertz CT molecular complexity index is 793. The van der Waals surface area contributed by atoms with E-state index in [1.165, 1.54) is 76.0 Å². The lowest BCUT2D eigenvalue weighted by Gasteiger charge is -2.21. The van der Waals surface area contributed by atoms with Gasteiger partial charge < -0.3 is 27.2 Å². The van der Waals surface area contributed by atoms with Crippen molar-refractivity contribution in [3.63, 3.8) is 0 Å². The average molecular weight is 676 g/mol. The number of carbonyl (C=O) groups is 4. The number of nitrogens with two attached hydrogens (primary N) is 2. The van der Waals surface area contributed by atoms with Crippen molar-refractivity contribution in [2.45, 2.75) is 160 Å². The summed E-state index contributed by atoms with van der Waals surface area (Å²) in [7, 11) is 0. The number of hydrogen-bond acceptors (Lipinski definition) is 10. The topological polar surface area (TPSA) is 195 Å². The molecule has 0 fully saturated rings. The summed E-state index contributed by atoms with van der Waals surface area (Å²) in [5, 5.41) is 14.8. The van der Waals surface area contributed by atoms with Gasteiger partial charge in [0.25, 0.3) is 0 Å². The van der Waals surface area contributed by atoms with Gasteiger partial charge >= 0.3 is 11.9 Å². The van der Waals surface area contributed by atoms with Gasteiger partial charge in [0.2, 0.25) is 11.8 Å². The zero-order valence-electron chi connectivity index (χ0n) is 28.7. The largest absolute Gasteiger partial charge is 0.480 e. The Balaban J connectivity index is 4.61. The number of hydrogen-bond donors (Lipinski definition) is 6. The molecule has 0 aromatic carbocycles. The minimum absolute atomic E-state index is 0.225. The maximum Gasteiger partial charge on any atom is 0.366 e. The molecule has 0 bridgehead atoms. The van der Waals surface area contributed by atoms with Crippen LogP contribution in [0.4, 0.5) is 0 Å². The first kappa shape index (κ1) is 44.1. The number of carbonyl (C=O) groups excluding carboxylic acids is 3. The van der Waals surface area contributed by atoms with Gasteiger partial charge in [0.1, 0.15) is 18.1 Å². The molecule has 3 atom stereocenters. The van der Waals surface area contributed by atoms with Crippen LogP contribution in [0.25, 0.3) is 0 Å². The molecule has 0 aliphatic heterocycles. The highest BCUT2D eigenvalue weighted by molar-refractivity contribution is 7.98. The fourth-order valence-electron chi connectivity index (χ4n) is 4.99. The lowest BCUT2D eigenvalue weighted by atomic mass is 10.0. The fraction of sp³-hybridized carbons (Fsp3) is 0.879. The molecule has 0 radical (unpaired) electrons. The lowest BCUT2D eigenvalue weighted by molar-refractivity contribution is -0.314. The molecule has 0 heterocycles. The summed E-state index contributed by atoms with van der Waals surface area (Å²) in [6.45, 7) is 3.14. The fourth-order valence-corrected chi connectivity index (χ4v) is 5.47. The van der Waals surface area contributed by atoms with Crippen LogP contribution >= 0.6 is 11.8 Å². The van der Waals surface area contributed by atoms with Crippen LogP contribution in [0.15, 0.2) is 0 Å². The SMILES string of the molecule is CCCCCCCCCCCCCCCC(=O)NC(CCCCN)C(=O)OONC(CCSC)C(=O)NC(CCCCN)C(=O)O. The predicted molar refractivity (Wildman–Crippen MR) is 185 cm³/mol. The number of nitrogens with one attached hydrogen (secondary N) is 3. The minimum atomic E-state index is -1.14. The Morgan fingerprint density at radius 1 is 0.674 bits per heavy atom. The van der Waals surface area contributed by atoms with Crippen LogP contribution in [0.3, 0.4) is 0 Å². The molecule has 12 nitrogen and oxygen atoms in total. The van der Waals surface area contributed by atoms with Crippen LogP contribution < -0.4 is 27.6 Å². The third-order valence-electron chi connectivity index (χ3n) is 7.88. The predicted octanol–water partition coefficient (Wildman–Crippen LogP) is 4.88. The van der Waals surface area contributed by atoms with E-state index in [9.17, 15) is 24.3 Å². The van der Waals surface area contributed by atoms with Crippen molar-refractivity contribution in [2.75, 3.05) is 25.1 Å². The molecule has 3 unspecified atom stereocenters. The van der Waals surface area contributed by atoms with Crippen molar-refractivity contribution >= 4 is 35.5 Å². The van der Waals surface area contributed by atoms with Crippen molar-refractivity contribution < 1.29 is 34.2 Å². The molecule has 46 heavy (non-hydrogen) atoms. The molecule has 0 saturated heterocycles. The number of rotatable bonds is 33. The van der Waals surface area contributed by atoms with Gasteiger partial charge in [-0.3, -0.25) is 14.5 Å². The van der Waals surface area contributed by atoms with E-state index in [-0.39, 0.29) is 12.3 Å². The summed E-state index contributed by atoms with van der Waals surface area (Å²) in [5.41, 5.74) is 13.5. The van der Waals surface area contributed by atoms with Crippen LogP contribution in [-0.4, -0.2) is 72.1 Å². The van der Waals surface area contributed by atoms with E-state index < -0.39 is 36.0 Å². The number of unbranched alkanes of at least 4 members (excludes halogenated alkanes) is 14. The smallest absolute Gasteiger partial charge is 0.366 e. The van der Waals surface area contributed by atoms with Crippen molar-refractivity contribution in [1.82, 2.24) is 16.1 Å². The first-order valence-corrected chi connectivity index (χ1v) is 19.0. The maximum absolute atomic E-state index is 12.8. The van der Waals surface area contributed by atoms with E-state index in [1.807, 2.05) is 6.26 Å². The monoisotopic (exact) mass is 675 g/mol. The quantitative estimate of drug-likeness (QED) is 0.0315. The number of carboxylic acids is 1. The third-order valence-corrected chi connectivity index (χ3v) is 8.52. The molecule has 13 heteroatoms. The molecule has 0 aliphatic rings. The highest BCUT2D eigenvalue weighted by atomic mass is 32.2. The molecule has 0 rings (SSSR count). The summed E-state index contributed by atoms with van der Waals surface area (Å²) in [6.07, 6.45) is 21.4. The first-order chi connectivity index (χ1) is 22.3. The zero-order chi connectivity index (χ0) is 34.3. The average Bonchev–Trinajstić information content (AvgIpc) is 3.03. The second-order valence-electron chi connectivity index (χ2n) is 12.0. The van der Waals surface area contributed by atoms with E-state index in [0.29, 0.717) is 63.8 Å². The Hall–Kier alpha value is -1.93. The Morgan fingerprint density at radius 3 is 1.70 bits per heavy atom. The highest BCUT2D eigenvalue weighted by Crippen LogP contribution is 2.13. The van der Waals surface area contributed by atoms with Gasteiger partial charge in [-0.05, 0) is 76.5 Å². The van der Waals surface area contributed by atoms with Crippen molar-refractivity contribution in [2.24, 2.45) is 11.5 Å². The molecule has 0 saturated carbocycles. The van der Waals surface area contributed by atoms with E-state index in [2.05, 4.69) is 23.0 Å². The molecule has 270 valence electrons. The van der Waals surface area contributed by atoms with Crippen molar-refractivity contribution in [1.29, 1.82) is 0 Å². The molecule has 0 aromatic heterocycles. The van der Waals surface area contributed by atoms with Crippen LogP contribution in [0.5, 0.6) is 0 Å². The number of carboxylic acid groups (broad SMARTS) is 1. The molecular weight excluding hydrogens is 610 g/mol. The normalized spacial score (nSPS) is 13.1. The first-order valence-electron chi connectivity index (χ1n) is 17.6. The van der Waals surface area contributed by atoms with Gasteiger partial charge in [-0.1, -0.05) is 89.0 Å². The van der Waals surface area contributed by atoms with Gasteiger partial charge in [0.15, 0.2) is 0 Å². The summed E-state index contributed by atoms with van der Waals surface area (Å²) in [4.78, 5) is 59.8. The number of thioether (sulfide) groups is 1. The summed E-state index contributed by atoms with van der Waals surface area (Å²) in [5.74, 6) is -2.17. The highest BCUT2D eigenvalue weighted by Gasteiger charge is 2.27. The van der Waals surface area contributed by atoms with Crippen molar-refractivity contribution in [3.8, 4) is 0 Å². The molecule has 8 N–H and O–H groups in total. The third kappa shape index (κ3) is 25.2. The van der Waals surface area contributed by atoms with Gasteiger partial charge in [-0.2, -0.15) is 11.8 Å². The van der Waals surface area contributed by atoms with Crippen LogP contribution in [0, 0.1) is 0 Å². The van der Waals surface area contributed by atoms with E-state index in [0.717, 1.165) is 19.3 Å². The summed E-state index contributed by atoms with van der Waals surface area (Å²) >= 11 is 1.50. The van der Waals surface area contributed by atoms with Gasteiger partial charge in [0, 0.05) is 6.42 Å². The van der Waals surface area contributed by atoms with Crippen molar-refractivity contribution in [3.05, 3.63) is 0 Å². The standard InChI is InChI=1S/C33H65N5O7S/c1-3-4-5-6-7-8-9-10-11-12-13-14-15-22-30(39)36-29(21-17-19-25-35)33(43)44-45-38-27(23-26-46-2)31(40)37-28(32(41)42)20-16-18-24-34/h27-29,38H,3-26,34-35H2,1-2H3,(H,36,39)(H,37,40)(H,41,42). The summed E-state index contributed by atoms with van der Waals surface area (Å²) in [6, 6.07) is -2.95. The molecule has 2 amide bonds. The second-order valence-corrected chi connectivity index (χ2v) is 13.0. The van der Waals surface area contributed by atoms with Gasteiger partial charge in [-0.15, -0.1) is 5.48 Å². The molecule has 0 spiro atoms. The van der Waals surface area contributed by atoms with Crippen LogP contribution in [-0.2, 0) is 29.1 Å². The summed E-state index contributed by atoms with van der Waals surface area (Å²) < 4.78 is 0. The van der Waals surface area contributed by atoms with Crippen LogP contribution in [0.2, 0.25) is 0 Å². The van der Waals surface area contributed by atoms with E-state index in [4.69, 9.17) is 21.3 Å². The number of amides is 2. The van der Waals surface area contributed by atoms with Gasteiger partial charge in [0.05, 0.1) is 0 Å². The Kier molecular flexibility index (Phi) is 30.3. The second kappa shape index (κ2) is 31.7. The van der Waals surface area contributed by atoms with E-state index in [1.54, 1.807) is 0 Å². The molecule has 0 aliphatic carbocycles. The minimum Gasteiger partial charge on any atom is -0.480 e. The molecule has 0 aromatic rings. The maximum atomic E-state index is 12.8. The van der Waals surface area contributed by atoms with Gasteiger partial charge in [-0.25, -0.2) is 9.59 Å². The van der Waals surface area contributed by atoms with E-state index >= 15 is 0 Å².